The molecule has 80 valence electrons. The van der Waals surface area contributed by atoms with Gasteiger partial charge in [0.25, 0.3) is 0 Å². The van der Waals surface area contributed by atoms with Crippen molar-refractivity contribution in [3.8, 4) is 0 Å². The first-order valence-corrected chi connectivity index (χ1v) is 5.18. The van der Waals surface area contributed by atoms with E-state index in [1.54, 1.807) is 0 Å². The normalized spacial score (nSPS) is 26.1. The second kappa shape index (κ2) is 4.03. The van der Waals surface area contributed by atoms with Gasteiger partial charge >= 0.3 is 5.97 Å². The van der Waals surface area contributed by atoms with Crippen LogP contribution in [0.15, 0.2) is 30.3 Å². The smallest absolute Gasteiger partial charge is 0.340 e. The summed E-state index contributed by atoms with van der Waals surface area (Å²) < 4.78 is 5.51. The number of carboxylic acid groups (broad SMARTS) is 1. The molecule has 1 unspecified atom stereocenters. The minimum Gasteiger partial charge on any atom is -0.479 e. The Morgan fingerprint density at radius 1 is 1.27 bits per heavy atom. The molecular formula is C12H14O3. The first kappa shape index (κ1) is 10.2. The topological polar surface area (TPSA) is 46.5 Å². The zero-order valence-corrected chi connectivity index (χ0v) is 8.48. The van der Waals surface area contributed by atoms with Crippen LogP contribution < -0.4 is 0 Å². The summed E-state index contributed by atoms with van der Waals surface area (Å²) in [5.74, 6) is -0.881. The van der Waals surface area contributed by atoms with Crippen LogP contribution in [0.25, 0.3) is 0 Å². The molecule has 3 heteroatoms. The van der Waals surface area contributed by atoms with Crippen molar-refractivity contribution in [3.63, 3.8) is 0 Å². The molecule has 15 heavy (non-hydrogen) atoms. The molecule has 1 aliphatic rings. The molecule has 0 spiro atoms. The second-order valence-corrected chi connectivity index (χ2v) is 3.80. The third kappa shape index (κ3) is 1.75. The number of rotatable bonds is 2. The molecular weight excluding hydrogens is 192 g/mol. The largest absolute Gasteiger partial charge is 0.479 e. The lowest BCUT2D eigenvalue weighted by atomic mass is 9.86. The fraction of sp³-hybridized carbons (Fsp3) is 0.417. The maximum absolute atomic E-state index is 11.4. The number of carboxylic acids is 1. The highest BCUT2D eigenvalue weighted by atomic mass is 16.5. The highest BCUT2D eigenvalue weighted by molar-refractivity contribution is 5.79. The Morgan fingerprint density at radius 2 is 2.00 bits per heavy atom. The van der Waals surface area contributed by atoms with Crippen molar-refractivity contribution < 1.29 is 14.6 Å². The van der Waals surface area contributed by atoms with E-state index in [9.17, 15) is 9.90 Å². The number of carbonyl (C=O) groups is 1. The number of hydrogen-bond acceptors (Lipinski definition) is 2. The predicted molar refractivity (Wildman–Crippen MR) is 55.6 cm³/mol. The van der Waals surface area contributed by atoms with Crippen molar-refractivity contribution in [1.29, 1.82) is 0 Å². The van der Waals surface area contributed by atoms with Gasteiger partial charge in [0, 0.05) is 6.61 Å². The zero-order chi connectivity index (χ0) is 10.7. The lowest BCUT2D eigenvalue weighted by Crippen LogP contribution is -2.41. The van der Waals surface area contributed by atoms with E-state index in [2.05, 4.69) is 0 Å². The van der Waals surface area contributed by atoms with Gasteiger partial charge in [0.2, 0.25) is 0 Å². The summed E-state index contributed by atoms with van der Waals surface area (Å²) in [6, 6.07) is 9.21. The van der Waals surface area contributed by atoms with Crippen LogP contribution in [0, 0.1) is 0 Å². The van der Waals surface area contributed by atoms with Crippen LogP contribution in [0.3, 0.4) is 0 Å². The molecule has 1 aliphatic heterocycles. The van der Waals surface area contributed by atoms with Gasteiger partial charge in [-0.15, -0.1) is 0 Å². The Bertz CT molecular complexity index is 339. The van der Waals surface area contributed by atoms with Crippen molar-refractivity contribution in [2.75, 3.05) is 6.61 Å². The molecule has 1 fully saturated rings. The Balaban J connectivity index is 2.38. The van der Waals surface area contributed by atoms with Crippen LogP contribution in [0.5, 0.6) is 0 Å². The molecule has 0 amide bonds. The molecule has 0 radical (unpaired) electrons. The van der Waals surface area contributed by atoms with Crippen molar-refractivity contribution in [3.05, 3.63) is 35.9 Å². The lowest BCUT2D eigenvalue weighted by molar-refractivity contribution is -0.174. The zero-order valence-electron chi connectivity index (χ0n) is 8.48. The Hall–Kier alpha value is -1.35. The number of hydrogen-bond donors (Lipinski definition) is 1. The minimum absolute atomic E-state index is 0.529. The Morgan fingerprint density at radius 3 is 2.53 bits per heavy atom. The van der Waals surface area contributed by atoms with Crippen LogP contribution in [0.2, 0.25) is 0 Å². The van der Waals surface area contributed by atoms with Gasteiger partial charge in [-0.25, -0.2) is 4.79 Å². The van der Waals surface area contributed by atoms with Crippen LogP contribution >= 0.6 is 0 Å². The third-order valence-corrected chi connectivity index (χ3v) is 2.86. The number of benzene rings is 1. The second-order valence-electron chi connectivity index (χ2n) is 3.80. The van der Waals surface area contributed by atoms with E-state index in [1.165, 1.54) is 0 Å². The van der Waals surface area contributed by atoms with E-state index >= 15 is 0 Å². The van der Waals surface area contributed by atoms with Crippen LogP contribution in [0.1, 0.15) is 24.8 Å². The molecule has 3 nitrogen and oxygen atoms in total. The average Bonchev–Trinajstić information content (AvgIpc) is 2.31. The fourth-order valence-electron chi connectivity index (χ4n) is 2.02. The Kier molecular flexibility index (Phi) is 2.73. The predicted octanol–water partition coefficient (Wildman–Crippen LogP) is 2.17. The molecule has 1 atom stereocenters. The summed E-state index contributed by atoms with van der Waals surface area (Å²) in [7, 11) is 0. The molecule has 0 aromatic heterocycles. The van der Waals surface area contributed by atoms with Gasteiger partial charge < -0.3 is 9.84 Å². The third-order valence-electron chi connectivity index (χ3n) is 2.86. The van der Waals surface area contributed by atoms with Gasteiger partial charge in [-0.3, -0.25) is 0 Å². The number of aliphatic carboxylic acids is 1. The summed E-state index contributed by atoms with van der Waals surface area (Å²) in [5, 5.41) is 9.32. The minimum atomic E-state index is -1.11. The van der Waals surface area contributed by atoms with Crippen LogP contribution in [0.4, 0.5) is 0 Å². The molecule has 0 saturated carbocycles. The first-order valence-electron chi connectivity index (χ1n) is 5.18. The SMILES string of the molecule is O=C(O)C1(c2ccccc2)CCCCO1. The average molecular weight is 206 g/mol. The van der Waals surface area contributed by atoms with Gasteiger partial charge in [0.15, 0.2) is 5.60 Å². The molecule has 1 heterocycles. The molecule has 2 rings (SSSR count). The van der Waals surface area contributed by atoms with Crippen molar-refractivity contribution in [1.82, 2.24) is 0 Å². The first-order chi connectivity index (χ1) is 7.26. The Labute approximate surface area is 88.7 Å². The standard InChI is InChI=1S/C12H14O3/c13-11(14)12(8-4-5-9-15-12)10-6-2-1-3-7-10/h1-3,6-7H,4-5,8-9H2,(H,13,14). The summed E-state index contributed by atoms with van der Waals surface area (Å²) in [4.78, 5) is 11.4. The summed E-state index contributed by atoms with van der Waals surface area (Å²) in [5.41, 5.74) is -0.364. The highest BCUT2D eigenvalue weighted by Gasteiger charge is 2.42. The molecule has 1 aromatic carbocycles. The van der Waals surface area contributed by atoms with E-state index in [1.807, 2.05) is 30.3 Å². The quantitative estimate of drug-likeness (QED) is 0.806. The fourth-order valence-corrected chi connectivity index (χ4v) is 2.02. The molecule has 1 saturated heterocycles. The van der Waals surface area contributed by atoms with Crippen LogP contribution in [-0.4, -0.2) is 17.7 Å². The summed E-state index contributed by atoms with van der Waals surface area (Å²) >= 11 is 0. The van der Waals surface area contributed by atoms with E-state index in [4.69, 9.17) is 4.74 Å². The maximum Gasteiger partial charge on any atom is 0.340 e. The van der Waals surface area contributed by atoms with Gasteiger partial charge in [-0.05, 0) is 24.8 Å². The van der Waals surface area contributed by atoms with Gasteiger partial charge in [-0.1, -0.05) is 30.3 Å². The van der Waals surface area contributed by atoms with E-state index < -0.39 is 11.6 Å². The van der Waals surface area contributed by atoms with Crippen molar-refractivity contribution in [2.24, 2.45) is 0 Å². The van der Waals surface area contributed by atoms with Gasteiger partial charge in [-0.2, -0.15) is 0 Å². The number of ether oxygens (including phenoxy) is 1. The van der Waals surface area contributed by atoms with Crippen molar-refractivity contribution in [2.45, 2.75) is 24.9 Å². The molecule has 1 aromatic rings. The summed E-state index contributed by atoms with van der Waals surface area (Å²) in [6.45, 7) is 0.529. The van der Waals surface area contributed by atoms with Crippen molar-refractivity contribution >= 4 is 5.97 Å². The van der Waals surface area contributed by atoms with Gasteiger partial charge in [0.05, 0.1) is 0 Å². The maximum atomic E-state index is 11.4. The van der Waals surface area contributed by atoms with Crippen LogP contribution in [-0.2, 0) is 15.1 Å². The molecule has 0 aliphatic carbocycles. The highest BCUT2D eigenvalue weighted by Crippen LogP contribution is 2.35. The monoisotopic (exact) mass is 206 g/mol. The molecule has 1 N–H and O–H groups in total. The lowest BCUT2D eigenvalue weighted by Gasteiger charge is -2.33. The van der Waals surface area contributed by atoms with E-state index in [0.29, 0.717) is 13.0 Å². The van der Waals surface area contributed by atoms with E-state index in [0.717, 1.165) is 18.4 Å². The summed E-state index contributed by atoms with van der Waals surface area (Å²) in [6.07, 6.45) is 2.41. The van der Waals surface area contributed by atoms with E-state index in [-0.39, 0.29) is 0 Å². The van der Waals surface area contributed by atoms with Gasteiger partial charge in [0.1, 0.15) is 0 Å². The molecule has 0 bridgehead atoms.